The van der Waals surface area contributed by atoms with Crippen LogP contribution in [0.3, 0.4) is 0 Å². The van der Waals surface area contributed by atoms with Gasteiger partial charge in [-0.1, -0.05) is 0 Å². The van der Waals surface area contributed by atoms with Gasteiger partial charge in [0.25, 0.3) is 0 Å². The van der Waals surface area contributed by atoms with Gasteiger partial charge in [-0.2, -0.15) is 9.47 Å². The molecule has 2 N–H and O–H groups in total. The Labute approximate surface area is 103 Å². The van der Waals surface area contributed by atoms with E-state index in [1.54, 1.807) is 7.11 Å². The largest absolute Gasteiger partial charge is 0.374 e. The maximum atomic E-state index is 5.15. The number of hydrogen-bond donors (Lipinski definition) is 2. The Balaban J connectivity index is 2.02. The molecule has 0 saturated heterocycles. The van der Waals surface area contributed by atoms with E-state index in [0.29, 0.717) is 5.82 Å². The van der Waals surface area contributed by atoms with Gasteiger partial charge in [-0.3, -0.25) is 5.10 Å². The Kier molecular flexibility index (Phi) is 3.64. The molecule has 2 atom stereocenters. The van der Waals surface area contributed by atoms with Gasteiger partial charge >= 0.3 is 0 Å². The first-order valence-electron chi connectivity index (χ1n) is 5.19. The molecule has 2 rings (SSSR count). The van der Waals surface area contributed by atoms with E-state index in [4.69, 9.17) is 4.74 Å². The zero-order valence-electron chi connectivity index (χ0n) is 9.84. The van der Waals surface area contributed by atoms with Crippen LogP contribution < -0.4 is 5.32 Å². The Morgan fingerprint density at radius 3 is 2.94 bits per heavy atom. The zero-order valence-corrected chi connectivity index (χ0v) is 10.7. The Morgan fingerprint density at radius 2 is 2.29 bits per heavy atom. The van der Waals surface area contributed by atoms with Crippen molar-refractivity contribution in [2.45, 2.75) is 26.0 Å². The van der Waals surface area contributed by atoms with Crippen molar-refractivity contribution >= 4 is 16.7 Å². The van der Waals surface area contributed by atoms with Crippen LogP contribution >= 0.6 is 11.5 Å². The second-order valence-electron chi connectivity index (χ2n) is 3.57. The Bertz CT molecular complexity index is 456. The summed E-state index contributed by atoms with van der Waals surface area (Å²) in [4.78, 5) is 8.41. The van der Waals surface area contributed by atoms with Crippen LogP contribution in [-0.4, -0.2) is 31.6 Å². The first-order chi connectivity index (χ1) is 8.20. The number of anilines is 1. The summed E-state index contributed by atoms with van der Waals surface area (Å²) in [6.45, 7) is 3.88. The molecule has 2 unspecified atom stereocenters. The minimum absolute atomic E-state index is 0.0103. The number of methoxy groups -OCH3 is 1. The molecule has 0 fully saturated rings. The second-order valence-corrected chi connectivity index (χ2v) is 4.32. The molecular formula is C9H14N6OS. The fourth-order valence-electron chi connectivity index (χ4n) is 1.24. The monoisotopic (exact) mass is 254 g/mol. The average Bonchev–Trinajstić information content (AvgIpc) is 2.98. The SMILES string of the molecule is COC(C)c1nsc(NC(C)c2ncn[nH]2)n1. The van der Waals surface area contributed by atoms with Crippen molar-refractivity contribution in [2.24, 2.45) is 0 Å². The summed E-state index contributed by atoms with van der Waals surface area (Å²) in [6, 6.07) is 0.0103. The van der Waals surface area contributed by atoms with Crippen LogP contribution in [0.15, 0.2) is 6.33 Å². The minimum Gasteiger partial charge on any atom is -0.374 e. The van der Waals surface area contributed by atoms with Crippen molar-refractivity contribution in [3.05, 3.63) is 18.0 Å². The lowest BCUT2D eigenvalue weighted by atomic mass is 10.3. The van der Waals surface area contributed by atoms with Crippen LogP contribution in [0.25, 0.3) is 0 Å². The van der Waals surface area contributed by atoms with Gasteiger partial charge in [-0.15, -0.1) is 0 Å². The van der Waals surface area contributed by atoms with Gasteiger partial charge in [0.15, 0.2) is 5.82 Å². The van der Waals surface area contributed by atoms with Crippen molar-refractivity contribution < 1.29 is 4.74 Å². The fraction of sp³-hybridized carbons (Fsp3) is 0.556. The molecule has 0 radical (unpaired) electrons. The summed E-state index contributed by atoms with van der Waals surface area (Å²) in [5.74, 6) is 1.45. The van der Waals surface area contributed by atoms with Crippen LogP contribution in [0, 0.1) is 0 Å². The predicted molar refractivity (Wildman–Crippen MR) is 63.8 cm³/mol. The summed E-state index contributed by atoms with van der Waals surface area (Å²) in [5, 5.41) is 10.6. The maximum Gasteiger partial charge on any atom is 0.203 e. The standard InChI is InChI=1S/C9H14N6OS/c1-5(7-10-4-11-14-7)12-9-13-8(15-17-9)6(2)16-3/h4-6H,1-3H3,(H,10,11,14)(H,12,13,15). The van der Waals surface area contributed by atoms with Crippen LogP contribution in [0.5, 0.6) is 0 Å². The third-order valence-electron chi connectivity index (χ3n) is 2.34. The lowest BCUT2D eigenvalue weighted by Crippen LogP contribution is -2.08. The molecule has 2 aromatic heterocycles. The van der Waals surface area contributed by atoms with E-state index >= 15 is 0 Å². The van der Waals surface area contributed by atoms with Gasteiger partial charge in [-0.05, 0) is 13.8 Å². The number of aromatic amines is 1. The summed E-state index contributed by atoms with van der Waals surface area (Å²) in [7, 11) is 1.63. The highest BCUT2D eigenvalue weighted by atomic mass is 32.1. The van der Waals surface area contributed by atoms with Gasteiger partial charge in [0.2, 0.25) is 5.13 Å². The molecule has 8 heteroatoms. The Hall–Kier alpha value is -1.54. The second kappa shape index (κ2) is 5.19. The number of ether oxygens (including phenoxy) is 1. The fourth-order valence-corrected chi connectivity index (χ4v) is 1.97. The third-order valence-corrected chi connectivity index (χ3v) is 3.00. The molecule has 0 spiro atoms. The van der Waals surface area contributed by atoms with Gasteiger partial charge < -0.3 is 10.1 Å². The summed E-state index contributed by atoms with van der Waals surface area (Å²) in [6.07, 6.45) is 1.38. The van der Waals surface area contributed by atoms with Gasteiger partial charge in [0.05, 0.1) is 6.04 Å². The summed E-state index contributed by atoms with van der Waals surface area (Å²) in [5.41, 5.74) is 0. The zero-order chi connectivity index (χ0) is 12.3. The molecule has 92 valence electrons. The van der Waals surface area contributed by atoms with Crippen molar-refractivity contribution in [3.8, 4) is 0 Å². The molecule has 2 heterocycles. The average molecular weight is 254 g/mol. The van der Waals surface area contributed by atoms with Crippen LogP contribution in [0.2, 0.25) is 0 Å². The topological polar surface area (TPSA) is 88.6 Å². The molecule has 0 bridgehead atoms. The van der Waals surface area contributed by atoms with Gasteiger partial charge in [0, 0.05) is 18.6 Å². The van der Waals surface area contributed by atoms with Gasteiger partial charge in [0.1, 0.15) is 18.3 Å². The van der Waals surface area contributed by atoms with Crippen LogP contribution in [0.1, 0.15) is 37.6 Å². The summed E-state index contributed by atoms with van der Waals surface area (Å²) < 4.78 is 9.37. The van der Waals surface area contributed by atoms with E-state index in [0.717, 1.165) is 11.0 Å². The molecule has 17 heavy (non-hydrogen) atoms. The molecule has 0 aliphatic heterocycles. The lowest BCUT2D eigenvalue weighted by Gasteiger charge is -2.08. The normalized spacial score (nSPS) is 14.5. The van der Waals surface area contributed by atoms with E-state index < -0.39 is 0 Å². The van der Waals surface area contributed by atoms with E-state index in [-0.39, 0.29) is 12.1 Å². The predicted octanol–water partition coefficient (Wildman–Crippen LogP) is 1.54. The third kappa shape index (κ3) is 2.77. The number of hydrogen-bond acceptors (Lipinski definition) is 7. The molecule has 0 aliphatic rings. The first kappa shape index (κ1) is 11.9. The van der Waals surface area contributed by atoms with Crippen molar-refractivity contribution in [3.63, 3.8) is 0 Å². The number of aromatic nitrogens is 5. The highest BCUT2D eigenvalue weighted by Gasteiger charge is 2.14. The van der Waals surface area contributed by atoms with Crippen LogP contribution in [-0.2, 0) is 4.74 Å². The van der Waals surface area contributed by atoms with Crippen LogP contribution in [0.4, 0.5) is 5.13 Å². The van der Waals surface area contributed by atoms with Crippen molar-refractivity contribution in [2.75, 3.05) is 12.4 Å². The Morgan fingerprint density at radius 1 is 1.47 bits per heavy atom. The molecule has 2 aromatic rings. The quantitative estimate of drug-likeness (QED) is 0.841. The van der Waals surface area contributed by atoms with E-state index in [2.05, 4.69) is 29.9 Å². The number of rotatable bonds is 5. The molecule has 0 aliphatic carbocycles. The summed E-state index contributed by atoms with van der Waals surface area (Å²) >= 11 is 1.30. The van der Waals surface area contributed by atoms with Crippen molar-refractivity contribution in [1.82, 2.24) is 24.5 Å². The lowest BCUT2D eigenvalue weighted by molar-refractivity contribution is 0.113. The maximum absolute atomic E-state index is 5.15. The van der Waals surface area contributed by atoms with Crippen molar-refractivity contribution in [1.29, 1.82) is 0 Å². The number of nitrogens with one attached hydrogen (secondary N) is 2. The number of H-pyrrole nitrogens is 1. The smallest absolute Gasteiger partial charge is 0.203 e. The first-order valence-corrected chi connectivity index (χ1v) is 5.96. The molecule has 7 nitrogen and oxygen atoms in total. The van der Waals surface area contributed by atoms with E-state index in [1.807, 2.05) is 13.8 Å². The van der Waals surface area contributed by atoms with E-state index in [1.165, 1.54) is 17.9 Å². The minimum atomic E-state index is -0.0950. The molecule has 0 amide bonds. The molecule has 0 saturated carbocycles. The number of nitrogens with zero attached hydrogens (tertiary/aromatic N) is 4. The highest BCUT2D eigenvalue weighted by Crippen LogP contribution is 2.21. The van der Waals surface area contributed by atoms with E-state index in [9.17, 15) is 0 Å². The van der Waals surface area contributed by atoms with Gasteiger partial charge in [-0.25, -0.2) is 9.97 Å². The molecule has 0 aromatic carbocycles. The molecular weight excluding hydrogens is 240 g/mol. The highest BCUT2D eigenvalue weighted by molar-refractivity contribution is 7.09.